The molecular weight excluding hydrogens is 182 g/mol. The van der Waals surface area contributed by atoms with Crippen LogP contribution in [0.15, 0.2) is 18.2 Å². The van der Waals surface area contributed by atoms with Crippen LogP contribution in [-0.2, 0) is 6.42 Å². The van der Waals surface area contributed by atoms with E-state index in [4.69, 9.17) is 17.3 Å². The lowest BCUT2D eigenvalue weighted by molar-refractivity contribution is 0.745. The Kier molecular flexibility index (Phi) is 4.26. The molecule has 0 aliphatic rings. The summed E-state index contributed by atoms with van der Waals surface area (Å²) in [6.07, 6.45) is 3.32. The summed E-state index contributed by atoms with van der Waals surface area (Å²) in [5.74, 6) is 0. The van der Waals surface area contributed by atoms with Crippen molar-refractivity contribution in [3.8, 4) is 0 Å². The molecule has 2 N–H and O–H groups in total. The molecule has 1 aromatic rings. The maximum Gasteiger partial charge on any atom is 0.0437 e. The van der Waals surface area contributed by atoms with Gasteiger partial charge in [0.15, 0.2) is 0 Å². The first-order valence-corrected chi connectivity index (χ1v) is 5.07. The zero-order chi connectivity index (χ0) is 9.68. The van der Waals surface area contributed by atoms with Crippen molar-refractivity contribution in [3.63, 3.8) is 0 Å². The number of halogens is 1. The minimum absolute atomic E-state index is 0.777. The van der Waals surface area contributed by atoms with E-state index in [1.165, 1.54) is 5.56 Å². The van der Waals surface area contributed by atoms with Gasteiger partial charge in [-0.25, -0.2) is 0 Å². The maximum atomic E-state index is 6.00. The van der Waals surface area contributed by atoms with Crippen LogP contribution in [0.4, 0.5) is 0 Å². The number of rotatable bonds is 4. The van der Waals surface area contributed by atoms with E-state index in [1.54, 1.807) is 0 Å². The lowest BCUT2D eigenvalue weighted by atomic mass is 10.1. The number of nitrogens with two attached hydrogens (primary N) is 1. The molecule has 0 atom stereocenters. The normalized spacial score (nSPS) is 10.4. The van der Waals surface area contributed by atoms with Crippen LogP contribution in [-0.4, -0.2) is 6.54 Å². The van der Waals surface area contributed by atoms with Crippen molar-refractivity contribution < 1.29 is 0 Å². The second-order valence-electron chi connectivity index (χ2n) is 3.33. The molecule has 13 heavy (non-hydrogen) atoms. The molecule has 0 spiro atoms. The highest BCUT2D eigenvalue weighted by Crippen LogP contribution is 2.17. The summed E-state index contributed by atoms with van der Waals surface area (Å²) in [6.45, 7) is 2.80. The fraction of sp³-hybridized carbons (Fsp3) is 0.455. The smallest absolute Gasteiger partial charge is 0.0437 e. The van der Waals surface area contributed by atoms with E-state index in [1.807, 2.05) is 13.0 Å². The highest BCUT2D eigenvalue weighted by atomic mass is 35.5. The van der Waals surface area contributed by atoms with E-state index in [9.17, 15) is 0 Å². The Morgan fingerprint density at radius 2 is 2.08 bits per heavy atom. The molecular formula is C11H16ClN. The summed E-state index contributed by atoms with van der Waals surface area (Å²) in [4.78, 5) is 0. The van der Waals surface area contributed by atoms with E-state index < -0.39 is 0 Å². The number of aryl methyl sites for hydroxylation is 2. The fourth-order valence-corrected chi connectivity index (χ4v) is 1.47. The van der Waals surface area contributed by atoms with Crippen LogP contribution in [0.25, 0.3) is 0 Å². The third-order valence-corrected chi connectivity index (χ3v) is 2.56. The predicted molar refractivity (Wildman–Crippen MR) is 58.2 cm³/mol. The molecule has 0 aliphatic carbocycles. The molecule has 0 aromatic heterocycles. The van der Waals surface area contributed by atoms with Gasteiger partial charge in [0.05, 0.1) is 0 Å². The van der Waals surface area contributed by atoms with Gasteiger partial charge < -0.3 is 5.73 Å². The molecule has 72 valence electrons. The Bertz CT molecular complexity index is 271. The first-order valence-electron chi connectivity index (χ1n) is 4.69. The molecule has 0 radical (unpaired) electrons. The number of hydrogen-bond acceptors (Lipinski definition) is 1. The van der Waals surface area contributed by atoms with Crippen molar-refractivity contribution in [1.29, 1.82) is 0 Å². The molecule has 0 heterocycles. The summed E-state index contributed by atoms with van der Waals surface area (Å²) in [7, 11) is 0. The molecule has 0 amide bonds. The van der Waals surface area contributed by atoms with Gasteiger partial charge in [-0.3, -0.25) is 0 Å². The van der Waals surface area contributed by atoms with Gasteiger partial charge in [0, 0.05) is 5.02 Å². The summed E-state index contributed by atoms with van der Waals surface area (Å²) in [6, 6.07) is 6.26. The average Bonchev–Trinajstić information content (AvgIpc) is 2.12. The Labute approximate surface area is 84.9 Å². The van der Waals surface area contributed by atoms with Gasteiger partial charge in [-0.15, -0.1) is 0 Å². The predicted octanol–water partition coefficient (Wildman–Crippen LogP) is 2.93. The molecule has 0 fully saturated rings. The second-order valence-corrected chi connectivity index (χ2v) is 3.74. The van der Waals surface area contributed by atoms with E-state index in [0.29, 0.717) is 0 Å². The van der Waals surface area contributed by atoms with Crippen molar-refractivity contribution in [2.75, 3.05) is 6.54 Å². The highest BCUT2D eigenvalue weighted by molar-refractivity contribution is 6.31. The number of unbranched alkanes of at least 4 members (excludes halogenated alkanes) is 1. The standard InChI is InChI=1S/C11H16ClN/c1-9-5-6-10(8-11(9)12)4-2-3-7-13/h5-6,8H,2-4,7,13H2,1H3. The maximum absolute atomic E-state index is 6.00. The molecule has 2 heteroatoms. The van der Waals surface area contributed by atoms with Gasteiger partial charge in [-0.1, -0.05) is 23.7 Å². The molecule has 0 saturated carbocycles. The van der Waals surface area contributed by atoms with Crippen molar-refractivity contribution in [2.45, 2.75) is 26.2 Å². The molecule has 1 rings (SSSR count). The summed E-state index contributed by atoms with van der Waals surface area (Å²) in [5.41, 5.74) is 7.87. The largest absolute Gasteiger partial charge is 0.330 e. The SMILES string of the molecule is Cc1ccc(CCCCN)cc1Cl. The Balaban J connectivity index is 2.53. The number of benzene rings is 1. The molecule has 0 saturated heterocycles. The van der Waals surface area contributed by atoms with Crippen molar-refractivity contribution in [2.24, 2.45) is 5.73 Å². The van der Waals surface area contributed by atoms with E-state index >= 15 is 0 Å². The van der Waals surface area contributed by atoms with Crippen LogP contribution in [0.2, 0.25) is 5.02 Å². The fourth-order valence-electron chi connectivity index (χ4n) is 1.27. The monoisotopic (exact) mass is 197 g/mol. The lowest BCUT2D eigenvalue weighted by Crippen LogP contribution is -1.99. The van der Waals surface area contributed by atoms with Gasteiger partial charge in [0.25, 0.3) is 0 Å². The van der Waals surface area contributed by atoms with E-state index in [-0.39, 0.29) is 0 Å². The van der Waals surface area contributed by atoms with Crippen molar-refractivity contribution >= 4 is 11.6 Å². The molecule has 0 bridgehead atoms. The van der Waals surface area contributed by atoms with Crippen LogP contribution in [0.3, 0.4) is 0 Å². The molecule has 1 nitrogen and oxygen atoms in total. The second kappa shape index (κ2) is 5.25. The summed E-state index contributed by atoms with van der Waals surface area (Å²) >= 11 is 6.00. The Hall–Kier alpha value is -0.530. The third-order valence-electron chi connectivity index (χ3n) is 2.16. The van der Waals surface area contributed by atoms with E-state index in [2.05, 4.69) is 12.1 Å². The van der Waals surface area contributed by atoms with Crippen LogP contribution in [0.5, 0.6) is 0 Å². The Morgan fingerprint density at radius 3 is 2.69 bits per heavy atom. The van der Waals surface area contributed by atoms with Crippen LogP contribution < -0.4 is 5.73 Å². The van der Waals surface area contributed by atoms with Crippen LogP contribution in [0.1, 0.15) is 24.0 Å². The zero-order valence-corrected chi connectivity index (χ0v) is 8.77. The van der Waals surface area contributed by atoms with Crippen molar-refractivity contribution in [3.05, 3.63) is 34.3 Å². The Morgan fingerprint density at radius 1 is 1.31 bits per heavy atom. The first-order chi connectivity index (χ1) is 6.24. The van der Waals surface area contributed by atoms with Crippen LogP contribution in [0, 0.1) is 6.92 Å². The van der Waals surface area contributed by atoms with Crippen LogP contribution >= 0.6 is 11.6 Å². The van der Waals surface area contributed by atoms with Gasteiger partial charge in [0.1, 0.15) is 0 Å². The topological polar surface area (TPSA) is 26.0 Å². The summed E-state index contributed by atoms with van der Waals surface area (Å²) < 4.78 is 0. The van der Waals surface area contributed by atoms with Gasteiger partial charge in [-0.2, -0.15) is 0 Å². The molecule has 0 unspecified atom stereocenters. The minimum Gasteiger partial charge on any atom is -0.330 e. The lowest BCUT2D eigenvalue weighted by Gasteiger charge is -2.03. The molecule has 0 aliphatic heterocycles. The van der Waals surface area contributed by atoms with Gasteiger partial charge >= 0.3 is 0 Å². The van der Waals surface area contributed by atoms with E-state index in [0.717, 1.165) is 36.4 Å². The molecule has 1 aromatic carbocycles. The zero-order valence-electron chi connectivity index (χ0n) is 8.02. The quantitative estimate of drug-likeness (QED) is 0.739. The average molecular weight is 198 g/mol. The third kappa shape index (κ3) is 3.37. The number of hydrogen-bond donors (Lipinski definition) is 1. The van der Waals surface area contributed by atoms with Gasteiger partial charge in [0.2, 0.25) is 0 Å². The minimum atomic E-state index is 0.777. The summed E-state index contributed by atoms with van der Waals surface area (Å²) in [5, 5.41) is 0.866. The van der Waals surface area contributed by atoms with Crippen molar-refractivity contribution in [1.82, 2.24) is 0 Å². The highest BCUT2D eigenvalue weighted by Gasteiger charge is 1.97. The van der Waals surface area contributed by atoms with Gasteiger partial charge in [-0.05, 0) is 49.9 Å². The first kappa shape index (κ1) is 10.6.